The van der Waals surface area contributed by atoms with Crippen molar-refractivity contribution in [3.63, 3.8) is 0 Å². The van der Waals surface area contributed by atoms with Gasteiger partial charge in [-0.05, 0) is 59.0 Å². The molecule has 0 atom stereocenters. The highest BCUT2D eigenvalue weighted by Crippen LogP contribution is 2.22. The predicted molar refractivity (Wildman–Crippen MR) is 63.8 cm³/mol. The average molecular weight is 233 g/mol. The molecule has 0 radical (unpaired) electrons. The Morgan fingerprint density at radius 1 is 1.20 bits per heavy atom. The smallest absolute Gasteiger partial charge is 0.155 e. The maximum absolute atomic E-state index is 11.9. The van der Waals surface area contributed by atoms with Crippen molar-refractivity contribution in [2.75, 3.05) is 18.8 Å². The molecule has 1 aliphatic rings. The quantitative estimate of drug-likeness (QED) is 0.805. The lowest BCUT2D eigenvalue weighted by Gasteiger charge is -2.25. The van der Waals surface area contributed by atoms with Crippen LogP contribution in [-0.2, 0) is 9.84 Å². The number of sulfone groups is 1. The second-order valence-electron chi connectivity index (χ2n) is 5.41. The monoisotopic (exact) mass is 233 g/mol. The summed E-state index contributed by atoms with van der Waals surface area (Å²) >= 11 is 0. The minimum absolute atomic E-state index is 0.348. The lowest BCUT2D eigenvalue weighted by atomic mass is 9.96. The number of hydrogen-bond donors (Lipinski definition) is 1. The highest BCUT2D eigenvalue weighted by atomic mass is 32.2. The molecule has 1 heterocycles. The Morgan fingerprint density at radius 2 is 1.73 bits per heavy atom. The third-order valence-electron chi connectivity index (χ3n) is 3.19. The van der Waals surface area contributed by atoms with Gasteiger partial charge in [0.1, 0.15) is 0 Å². The molecule has 0 unspecified atom stereocenters. The van der Waals surface area contributed by atoms with Crippen LogP contribution in [0.15, 0.2) is 0 Å². The van der Waals surface area contributed by atoms with Gasteiger partial charge in [0.15, 0.2) is 9.84 Å². The summed E-state index contributed by atoms with van der Waals surface area (Å²) in [4.78, 5) is 0. The standard InChI is InChI=1S/C11H23NO2S/c1-11(2,3)15(13,14)9-6-10-4-7-12-8-5-10/h10,12H,4-9H2,1-3H3. The van der Waals surface area contributed by atoms with Gasteiger partial charge in [-0.1, -0.05) is 0 Å². The van der Waals surface area contributed by atoms with Gasteiger partial charge >= 0.3 is 0 Å². The average Bonchev–Trinajstić information content (AvgIpc) is 2.15. The Kier molecular flexibility index (Phi) is 4.18. The first-order valence-electron chi connectivity index (χ1n) is 5.76. The van der Waals surface area contributed by atoms with Crippen LogP contribution in [0.25, 0.3) is 0 Å². The van der Waals surface area contributed by atoms with E-state index >= 15 is 0 Å². The van der Waals surface area contributed by atoms with E-state index in [1.807, 2.05) is 0 Å². The van der Waals surface area contributed by atoms with Crippen molar-refractivity contribution in [1.29, 1.82) is 0 Å². The van der Waals surface area contributed by atoms with Crippen LogP contribution in [0.4, 0.5) is 0 Å². The van der Waals surface area contributed by atoms with Crippen molar-refractivity contribution >= 4 is 9.84 Å². The number of hydrogen-bond acceptors (Lipinski definition) is 3. The van der Waals surface area contributed by atoms with Crippen molar-refractivity contribution in [3.05, 3.63) is 0 Å². The first-order valence-corrected chi connectivity index (χ1v) is 7.41. The topological polar surface area (TPSA) is 46.2 Å². The molecule has 0 aromatic heterocycles. The number of nitrogens with one attached hydrogen (secondary N) is 1. The molecular weight excluding hydrogens is 210 g/mol. The Labute approximate surface area is 93.6 Å². The third kappa shape index (κ3) is 3.76. The van der Waals surface area contributed by atoms with Crippen molar-refractivity contribution < 1.29 is 8.42 Å². The Morgan fingerprint density at radius 3 is 2.20 bits per heavy atom. The molecule has 1 N–H and O–H groups in total. The lowest BCUT2D eigenvalue weighted by Crippen LogP contribution is -2.33. The maximum atomic E-state index is 11.9. The van der Waals surface area contributed by atoms with E-state index in [-0.39, 0.29) is 0 Å². The van der Waals surface area contributed by atoms with Gasteiger partial charge in [-0.3, -0.25) is 0 Å². The van der Waals surface area contributed by atoms with Crippen LogP contribution in [0.3, 0.4) is 0 Å². The van der Waals surface area contributed by atoms with Gasteiger partial charge in [-0.15, -0.1) is 0 Å². The highest BCUT2D eigenvalue weighted by molar-refractivity contribution is 7.92. The molecule has 0 aromatic carbocycles. The summed E-state index contributed by atoms with van der Waals surface area (Å²) in [5.74, 6) is 0.949. The largest absolute Gasteiger partial charge is 0.317 e. The minimum Gasteiger partial charge on any atom is -0.317 e. The van der Waals surface area contributed by atoms with E-state index in [9.17, 15) is 8.42 Å². The number of rotatable bonds is 3. The molecule has 0 aliphatic carbocycles. The minimum atomic E-state index is -2.92. The van der Waals surface area contributed by atoms with Gasteiger partial charge in [0, 0.05) is 0 Å². The first-order chi connectivity index (χ1) is 6.83. The van der Waals surface area contributed by atoms with Gasteiger partial charge in [0.05, 0.1) is 10.5 Å². The summed E-state index contributed by atoms with van der Waals surface area (Å²) in [5.41, 5.74) is 0. The zero-order valence-corrected chi connectivity index (χ0v) is 10.9. The number of piperidine rings is 1. The van der Waals surface area contributed by atoms with Crippen LogP contribution in [0.5, 0.6) is 0 Å². The molecule has 1 rings (SSSR count). The Balaban J connectivity index is 2.42. The van der Waals surface area contributed by atoms with Crippen molar-refractivity contribution in [2.45, 2.75) is 44.8 Å². The molecule has 0 amide bonds. The fourth-order valence-electron chi connectivity index (χ4n) is 1.80. The summed E-state index contributed by atoms with van der Waals surface area (Å²) in [7, 11) is -2.92. The summed E-state index contributed by atoms with van der Waals surface area (Å²) in [6.07, 6.45) is 3.08. The zero-order chi connectivity index (χ0) is 11.5. The van der Waals surface area contributed by atoms with Crippen molar-refractivity contribution in [1.82, 2.24) is 5.32 Å². The predicted octanol–water partition coefficient (Wildman–Crippen LogP) is 1.59. The molecule has 0 saturated carbocycles. The summed E-state index contributed by atoms with van der Waals surface area (Å²) < 4.78 is 23.2. The van der Waals surface area contributed by atoms with Gasteiger partial charge in [0.2, 0.25) is 0 Å². The van der Waals surface area contributed by atoms with E-state index in [1.165, 1.54) is 0 Å². The summed E-state index contributed by atoms with van der Waals surface area (Å²) in [5, 5.41) is 3.29. The SMILES string of the molecule is CC(C)(C)S(=O)(=O)CCC1CCNCC1. The highest BCUT2D eigenvalue weighted by Gasteiger charge is 2.29. The molecule has 1 fully saturated rings. The van der Waals surface area contributed by atoms with E-state index in [0.29, 0.717) is 11.7 Å². The van der Waals surface area contributed by atoms with Crippen LogP contribution in [0.2, 0.25) is 0 Å². The third-order valence-corrected chi connectivity index (χ3v) is 5.83. The van der Waals surface area contributed by atoms with Crippen molar-refractivity contribution in [2.24, 2.45) is 5.92 Å². The molecule has 1 saturated heterocycles. The Bertz CT molecular complexity index is 284. The van der Waals surface area contributed by atoms with E-state index in [2.05, 4.69) is 5.32 Å². The zero-order valence-electron chi connectivity index (χ0n) is 10.0. The maximum Gasteiger partial charge on any atom is 0.155 e. The van der Waals surface area contributed by atoms with E-state index < -0.39 is 14.6 Å². The van der Waals surface area contributed by atoms with Gasteiger partial charge in [0.25, 0.3) is 0 Å². The molecule has 0 bridgehead atoms. The second kappa shape index (κ2) is 4.83. The first kappa shape index (κ1) is 13.0. The molecule has 3 nitrogen and oxygen atoms in total. The fourth-order valence-corrected chi connectivity index (χ4v) is 3.05. The molecule has 0 aromatic rings. The van der Waals surface area contributed by atoms with Crippen LogP contribution in [-0.4, -0.2) is 32.0 Å². The van der Waals surface area contributed by atoms with E-state index in [4.69, 9.17) is 0 Å². The molecule has 15 heavy (non-hydrogen) atoms. The van der Waals surface area contributed by atoms with Gasteiger partial charge in [-0.25, -0.2) is 8.42 Å². The summed E-state index contributed by atoms with van der Waals surface area (Å²) in [6.45, 7) is 7.43. The van der Waals surface area contributed by atoms with Crippen LogP contribution >= 0.6 is 0 Å². The van der Waals surface area contributed by atoms with E-state index in [0.717, 1.165) is 32.4 Å². The van der Waals surface area contributed by atoms with E-state index in [1.54, 1.807) is 20.8 Å². The fraction of sp³-hybridized carbons (Fsp3) is 1.00. The molecule has 0 spiro atoms. The second-order valence-corrected chi connectivity index (χ2v) is 8.28. The van der Waals surface area contributed by atoms with Crippen LogP contribution in [0.1, 0.15) is 40.0 Å². The summed E-state index contributed by atoms with van der Waals surface area (Å²) in [6, 6.07) is 0. The molecule has 90 valence electrons. The van der Waals surface area contributed by atoms with Gasteiger partial charge < -0.3 is 5.32 Å². The molecule has 4 heteroatoms. The Hall–Kier alpha value is -0.0900. The lowest BCUT2D eigenvalue weighted by molar-refractivity contribution is 0.364. The molecular formula is C11H23NO2S. The molecule has 1 aliphatic heterocycles. The van der Waals surface area contributed by atoms with Crippen molar-refractivity contribution in [3.8, 4) is 0 Å². The van der Waals surface area contributed by atoms with Crippen LogP contribution < -0.4 is 5.32 Å². The van der Waals surface area contributed by atoms with Crippen LogP contribution in [0, 0.1) is 5.92 Å². The normalized spacial score (nSPS) is 20.5. The van der Waals surface area contributed by atoms with Gasteiger partial charge in [-0.2, -0.15) is 0 Å².